The molecule has 0 saturated heterocycles. The lowest BCUT2D eigenvalue weighted by Gasteiger charge is -2.36. The lowest BCUT2D eigenvalue weighted by molar-refractivity contribution is -0.137. The molecule has 0 radical (unpaired) electrons. The van der Waals surface area contributed by atoms with Gasteiger partial charge in [-0.2, -0.15) is 18.4 Å². The Balaban J connectivity index is 1.59. The fourth-order valence-electron chi connectivity index (χ4n) is 3.81. The maximum atomic E-state index is 13.3. The third-order valence-corrected chi connectivity index (χ3v) is 5.74. The number of hydrogen-bond acceptors (Lipinski definition) is 6. The molecule has 170 valence electrons. The molecule has 1 aromatic heterocycles. The third kappa shape index (κ3) is 5.33. The van der Waals surface area contributed by atoms with Crippen molar-refractivity contribution in [3.8, 4) is 6.07 Å². The summed E-state index contributed by atoms with van der Waals surface area (Å²) in [6.07, 6.45) is -0.380. The van der Waals surface area contributed by atoms with Crippen molar-refractivity contribution in [2.24, 2.45) is 0 Å². The molecule has 1 heterocycles. The molecule has 7 nitrogen and oxygen atoms in total. The monoisotopic (exact) mass is 446 g/mol. The molecular weight excluding hydrogens is 421 g/mol. The number of nitrogens with one attached hydrogen (secondary N) is 1. The van der Waals surface area contributed by atoms with E-state index in [1.54, 1.807) is 13.1 Å². The van der Waals surface area contributed by atoms with Gasteiger partial charge >= 0.3 is 6.18 Å². The van der Waals surface area contributed by atoms with Gasteiger partial charge in [0.15, 0.2) is 11.5 Å². The van der Waals surface area contributed by atoms with E-state index >= 15 is 0 Å². The fourth-order valence-corrected chi connectivity index (χ4v) is 3.81. The highest BCUT2D eigenvalue weighted by Gasteiger charge is 2.35. The van der Waals surface area contributed by atoms with Gasteiger partial charge in [-0.25, -0.2) is 4.98 Å². The molecule has 1 N–H and O–H groups in total. The molecule has 1 saturated carbocycles. The van der Waals surface area contributed by atoms with Crippen LogP contribution in [0.1, 0.15) is 72.9 Å². The Kier molecular flexibility index (Phi) is 6.96. The molecule has 0 spiro atoms. The number of nitriles is 1. The summed E-state index contributed by atoms with van der Waals surface area (Å²) < 4.78 is 39.8. The van der Waals surface area contributed by atoms with Crippen LogP contribution < -0.4 is 10.2 Å². The number of aromatic nitrogens is 3. The van der Waals surface area contributed by atoms with Gasteiger partial charge < -0.3 is 10.2 Å². The topological polar surface area (TPSA) is 94.8 Å². The quantitative estimate of drug-likeness (QED) is 0.744. The zero-order valence-corrected chi connectivity index (χ0v) is 18.1. The fraction of sp³-hybridized carbons (Fsp3) is 0.500. The minimum absolute atomic E-state index is 0.0314. The number of nitrogens with zero attached hydrogens (tertiary/aromatic N) is 5. The predicted molar refractivity (Wildman–Crippen MR) is 112 cm³/mol. The van der Waals surface area contributed by atoms with Crippen LogP contribution in [-0.4, -0.2) is 40.2 Å². The van der Waals surface area contributed by atoms with Crippen LogP contribution in [0.25, 0.3) is 0 Å². The molecule has 1 aromatic carbocycles. The van der Waals surface area contributed by atoms with Gasteiger partial charge in [-0.1, -0.05) is 13.8 Å². The minimum Gasteiger partial charge on any atom is -0.372 e. The molecule has 0 aliphatic heterocycles. The van der Waals surface area contributed by atoms with Crippen molar-refractivity contribution in [3.63, 3.8) is 0 Å². The van der Waals surface area contributed by atoms with E-state index in [0.29, 0.717) is 37.2 Å². The van der Waals surface area contributed by atoms with Gasteiger partial charge in [-0.3, -0.25) is 4.79 Å². The highest BCUT2D eigenvalue weighted by Crippen LogP contribution is 2.35. The molecule has 0 unspecified atom stereocenters. The van der Waals surface area contributed by atoms with E-state index in [-0.39, 0.29) is 35.2 Å². The van der Waals surface area contributed by atoms with E-state index in [2.05, 4.69) is 20.5 Å². The first kappa shape index (κ1) is 23.4. The molecule has 10 heteroatoms. The van der Waals surface area contributed by atoms with E-state index < -0.39 is 11.7 Å². The number of alkyl halides is 3. The summed E-state index contributed by atoms with van der Waals surface area (Å²) in [5, 5.41) is 19.8. The lowest BCUT2D eigenvalue weighted by Crippen LogP contribution is -2.43. The van der Waals surface area contributed by atoms with Crippen LogP contribution in [-0.2, 0) is 6.18 Å². The van der Waals surface area contributed by atoms with E-state index in [0.717, 1.165) is 6.07 Å². The molecule has 1 amide bonds. The number of benzene rings is 1. The summed E-state index contributed by atoms with van der Waals surface area (Å²) in [7, 11) is 1.75. The van der Waals surface area contributed by atoms with Crippen LogP contribution in [0.3, 0.4) is 0 Å². The van der Waals surface area contributed by atoms with Crippen molar-refractivity contribution in [1.82, 2.24) is 20.5 Å². The highest BCUT2D eigenvalue weighted by molar-refractivity contribution is 5.91. The Morgan fingerprint density at radius 1 is 1.22 bits per heavy atom. The molecule has 0 bridgehead atoms. The molecule has 1 aliphatic rings. The normalized spacial score (nSPS) is 18.8. The van der Waals surface area contributed by atoms with Gasteiger partial charge in [-0.15, -0.1) is 10.2 Å². The number of carbonyl (C=O) groups is 1. The van der Waals surface area contributed by atoms with Gasteiger partial charge in [0.2, 0.25) is 0 Å². The smallest absolute Gasteiger partial charge is 0.372 e. The van der Waals surface area contributed by atoms with Crippen LogP contribution >= 0.6 is 0 Å². The Morgan fingerprint density at radius 2 is 1.91 bits per heavy atom. The lowest BCUT2D eigenvalue weighted by atomic mass is 9.90. The maximum Gasteiger partial charge on any atom is 0.417 e. The SMILES string of the molecule is CC(C)c1ncc(C(=O)NC2CCC(N(C)c3ccc(C#N)c(C(F)(F)F)c3)CC2)nn1. The van der Waals surface area contributed by atoms with E-state index in [1.165, 1.54) is 18.3 Å². The van der Waals surface area contributed by atoms with Crippen LogP contribution in [0, 0.1) is 11.3 Å². The van der Waals surface area contributed by atoms with Gasteiger partial charge in [0, 0.05) is 30.7 Å². The summed E-state index contributed by atoms with van der Waals surface area (Å²) in [6.45, 7) is 3.88. The van der Waals surface area contributed by atoms with Crippen molar-refractivity contribution < 1.29 is 18.0 Å². The largest absolute Gasteiger partial charge is 0.417 e. The molecule has 1 fully saturated rings. The second-order valence-corrected chi connectivity index (χ2v) is 8.29. The number of carbonyl (C=O) groups excluding carboxylic acids is 1. The molecular formula is C22H25F3N6O. The Morgan fingerprint density at radius 3 is 2.44 bits per heavy atom. The third-order valence-electron chi connectivity index (χ3n) is 5.74. The number of rotatable bonds is 5. The standard InChI is InChI=1S/C22H25F3N6O/c1-13(2)20-27-12-19(29-30-20)21(32)28-15-5-8-16(9-6-15)31(3)17-7-4-14(11-26)18(10-17)22(23,24)25/h4,7,10,12-13,15-16H,5-6,8-9H2,1-3H3,(H,28,32). The zero-order valence-electron chi connectivity index (χ0n) is 18.1. The van der Waals surface area contributed by atoms with Crippen molar-refractivity contribution in [2.75, 3.05) is 11.9 Å². The van der Waals surface area contributed by atoms with Crippen molar-refractivity contribution in [1.29, 1.82) is 5.26 Å². The summed E-state index contributed by atoms with van der Waals surface area (Å²) in [5.41, 5.74) is -0.745. The molecule has 2 aromatic rings. The van der Waals surface area contributed by atoms with Crippen LogP contribution in [0.15, 0.2) is 24.4 Å². The number of anilines is 1. The average Bonchev–Trinajstić information content (AvgIpc) is 2.78. The van der Waals surface area contributed by atoms with E-state index in [1.807, 2.05) is 18.7 Å². The second-order valence-electron chi connectivity index (χ2n) is 8.29. The Hall–Kier alpha value is -3.22. The minimum atomic E-state index is -4.59. The first-order valence-corrected chi connectivity index (χ1v) is 10.4. The van der Waals surface area contributed by atoms with Crippen LogP contribution in [0.2, 0.25) is 0 Å². The van der Waals surface area contributed by atoms with Crippen molar-refractivity contribution in [2.45, 2.75) is 63.7 Å². The number of hydrogen-bond donors (Lipinski definition) is 1. The van der Waals surface area contributed by atoms with Crippen molar-refractivity contribution in [3.05, 3.63) is 47.0 Å². The van der Waals surface area contributed by atoms with Gasteiger partial charge in [-0.05, 0) is 43.9 Å². The summed E-state index contributed by atoms with van der Waals surface area (Å²) in [5.74, 6) is 0.357. The summed E-state index contributed by atoms with van der Waals surface area (Å²) in [4.78, 5) is 18.4. The first-order valence-electron chi connectivity index (χ1n) is 10.4. The van der Waals surface area contributed by atoms with Crippen LogP contribution in [0.4, 0.5) is 18.9 Å². The molecule has 3 rings (SSSR count). The Labute approximate surface area is 184 Å². The van der Waals surface area contributed by atoms with E-state index in [4.69, 9.17) is 5.26 Å². The van der Waals surface area contributed by atoms with E-state index in [9.17, 15) is 18.0 Å². The average molecular weight is 446 g/mol. The number of amides is 1. The highest BCUT2D eigenvalue weighted by atomic mass is 19.4. The summed E-state index contributed by atoms with van der Waals surface area (Å²) >= 11 is 0. The maximum absolute atomic E-state index is 13.3. The van der Waals surface area contributed by atoms with Gasteiger partial charge in [0.25, 0.3) is 5.91 Å². The Bertz CT molecular complexity index is 992. The molecule has 1 aliphatic carbocycles. The predicted octanol–water partition coefficient (Wildman–Crippen LogP) is 4.06. The first-order chi connectivity index (χ1) is 15.1. The zero-order chi connectivity index (χ0) is 23.5. The second kappa shape index (κ2) is 9.51. The summed E-state index contributed by atoms with van der Waals surface area (Å²) in [6, 6.07) is 5.35. The number of halogens is 3. The molecule has 0 atom stereocenters. The van der Waals surface area contributed by atoms with Crippen LogP contribution in [0.5, 0.6) is 0 Å². The van der Waals surface area contributed by atoms with Crippen molar-refractivity contribution >= 4 is 11.6 Å². The van der Waals surface area contributed by atoms with Gasteiger partial charge in [0.1, 0.15) is 0 Å². The van der Waals surface area contributed by atoms with Gasteiger partial charge in [0.05, 0.1) is 23.4 Å². The molecule has 32 heavy (non-hydrogen) atoms.